The van der Waals surface area contributed by atoms with Gasteiger partial charge in [-0.2, -0.15) is 0 Å². The van der Waals surface area contributed by atoms with Gasteiger partial charge in [-0.05, 0) is 19.9 Å². The lowest BCUT2D eigenvalue weighted by Gasteiger charge is -2.23. The van der Waals surface area contributed by atoms with Crippen LogP contribution in [0.1, 0.15) is 13.3 Å². The molecule has 0 aromatic heterocycles. The molecule has 0 aliphatic carbocycles. The van der Waals surface area contributed by atoms with Gasteiger partial charge in [-0.25, -0.2) is 0 Å². The van der Waals surface area contributed by atoms with E-state index in [0.29, 0.717) is 42.0 Å². The lowest BCUT2D eigenvalue weighted by atomic mass is 9.89. The molecule has 6 heteroatoms. The second kappa shape index (κ2) is 5.14. The molecule has 108 valence electrons. The molecule has 20 heavy (non-hydrogen) atoms. The van der Waals surface area contributed by atoms with Crippen LogP contribution in [0.4, 0.5) is 5.69 Å². The second-order valence-corrected chi connectivity index (χ2v) is 5.82. The Morgan fingerprint density at radius 3 is 2.70 bits per heavy atom. The molecule has 1 aromatic rings. The fourth-order valence-corrected chi connectivity index (χ4v) is 2.64. The van der Waals surface area contributed by atoms with E-state index in [1.54, 1.807) is 12.1 Å². The van der Waals surface area contributed by atoms with E-state index in [-0.39, 0.29) is 5.91 Å². The maximum atomic E-state index is 12.4. The minimum absolute atomic E-state index is 0.0268. The summed E-state index contributed by atoms with van der Waals surface area (Å²) in [6, 6.07) is 3.40. The monoisotopic (exact) mass is 296 g/mol. The maximum absolute atomic E-state index is 12.4. The van der Waals surface area contributed by atoms with Gasteiger partial charge in [0.2, 0.25) is 5.91 Å². The quantitative estimate of drug-likeness (QED) is 0.877. The van der Waals surface area contributed by atoms with Crippen LogP contribution in [-0.4, -0.2) is 32.2 Å². The zero-order valence-electron chi connectivity index (χ0n) is 11.3. The Kier molecular flexibility index (Phi) is 3.48. The number of amides is 1. The zero-order chi connectivity index (χ0) is 14.2. The summed E-state index contributed by atoms with van der Waals surface area (Å²) in [6.07, 6.45) is 0.820. The van der Waals surface area contributed by atoms with Gasteiger partial charge in [0.05, 0.1) is 16.1 Å². The molecule has 0 spiro atoms. The van der Waals surface area contributed by atoms with Crippen LogP contribution in [0, 0.1) is 5.41 Å². The number of carbonyl (C=O) groups excluding carboxylic acids is 1. The van der Waals surface area contributed by atoms with Gasteiger partial charge < -0.3 is 20.1 Å². The molecule has 0 bridgehead atoms. The fraction of sp³-hybridized carbons (Fsp3) is 0.500. The molecule has 2 N–H and O–H groups in total. The minimum atomic E-state index is -0.392. The van der Waals surface area contributed by atoms with Gasteiger partial charge in [0.15, 0.2) is 11.5 Å². The Labute approximate surface area is 122 Å². The van der Waals surface area contributed by atoms with Crippen LogP contribution in [0.15, 0.2) is 12.1 Å². The van der Waals surface area contributed by atoms with Crippen molar-refractivity contribution in [2.45, 2.75) is 13.3 Å². The molecule has 1 amide bonds. The SMILES string of the molecule is CC1(C(=O)Nc2cc3c(cc2Cl)OCCO3)CCNC1. The van der Waals surface area contributed by atoms with Crippen LogP contribution in [-0.2, 0) is 4.79 Å². The van der Waals surface area contributed by atoms with Gasteiger partial charge >= 0.3 is 0 Å². The molecule has 2 aliphatic rings. The van der Waals surface area contributed by atoms with Crippen LogP contribution in [0.3, 0.4) is 0 Å². The number of hydrogen-bond acceptors (Lipinski definition) is 4. The molecular weight excluding hydrogens is 280 g/mol. The van der Waals surface area contributed by atoms with Crippen LogP contribution in [0.25, 0.3) is 0 Å². The molecule has 1 atom stereocenters. The smallest absolute Gasteiger partial charge is 0.231 e. The zero-order valence-corrected chi connectivity index (χ0v) is 12.0. The average molecular weight is 297 g/mol. The molecule has 2 heterocycles. The standard InChI is InChI=1S/C14H17ClN2O3/c1-14(2-3-16-8-14)13(18)17-10-7-12-11(6-9(10)15)19-4-5-20-12/h6-7,16H,2-5,8H2,1H3,(H,17,18). The first-order chi connectivity index (χ1) is 9.58. The normalized spacial score (nSPS) is 24.5. The van der Waals surface area contributed by atoms with Crippen molar-refractivity contribution in [2.75, 3.05) is 31.6 Å². The first-order valence-electron chi connectivity index (χ1n) is 6.70. The Hall–Kier alpha value is -1.46. The minimum Gasteiger partial charge on any atom is -0.486 e. The maximum Gasteiger partial charge on any atom is 0.231 e. The number of ether oxygens (including phenoxy) is 2. The molecule has 5 nitrogen and oxygen atoms in total. The second-order valence-electron chi connectivity index (χ2n) is 5.42. The number of anilines is 1. The summed E-state index contributed by atoms with van der Waals surface area (Å²) in [4.78, 5) is 12.4. The molecule has 3 rings (SSSR count). The summed E-state index contributed by atoms with van der Waals surface area (Å²) in [5.74, 6) is 1.21. The molecule has 0 saturated carbocycles. The number of benzene rings is 1. The Balaban J connectivity index is 1.82. The molecule has 2 aliphatic heterocycles. The third-order valence-corrected chi connectivity index (χ3v) is 4.11. The highest BCUT2D eigenvalue weighted by molar-refractivity contribution is 6.34. The molecular formula is C14H17ClN2O3. The van der Waals surface area contributed by atoms with E-state index in [1.807, 2.05) is 6.92 Å². The van der Waals surface area contributed by atoms with Crippen molar-refractivity contribution in [3.63, 3.8) is 0 Å². The van der Waals surface area contributed by atoms with E-state index in [2.05, 4.69) is 10.6 Å². The molecule has 0 radical (unpaired) electrons. The van der Waals surface area contributed by atoms with Crippen LogP contribution in [0.2, 0.25) is 5.02 Å². The largest absolute Gasteiger partial charge is 0.486 e. The van der Waals surface area contributed by atoms with Gasteiger partial charge in [0, 0.05) is 18.7 Å². The topological polar surface area (TPSA) is 59.6 Å². The highest BCUT2D eigenvalue weighted by Gasteiger charge is 2.36. The summed E-state index contributed by atoms with van der Waals surface area (Å²) in [7, 11) is 0. The summed E-state index contributed by atoms with van der Waals surface area (Å²) < 4.78 is 11.0. The number of fused-ring (bicyclic) bond motifs is 1. The third-order valence-electron chi connectivity index (χ3n) is 3.80. The van der Waals surface area contributed by atoms with Crippen LogP contribution >= 0.6 is 11.6 Å². The summed E-state index contributed by atoms with van der Waals surface area (Å²) >= 11 is 6.19. The lowest BCUT2D eigenvalue weighted by molar-refractivity contribution is -0.123. The van der Waals surface area contributed by atoms with Gasteiger partial charge in [-0.1, -0.05) is 11.6 Å². The van der Waals surface area contributed by atoms with Gasteiger partial charge in [-0.3, -0.25) is 4.79 Å². The summed E-state index contributed by atoms with van der Waals surface area (Å²) in [5, 5.41) is 6.56. The van der Waals surface area contributed by atoms with Crippen molar-refractivity contribution < 1.29 is 14.3 Å². The first-order valence-corrected chi connectivity index (χ1v) is 7.08. The third kappa shape index (κ3) is 2.43. The van der Waals surface area contributed by atoms with E-state index < -0.39 is 5.41 Å². The van der Waals surface area contributed by atoms with E-state index in [1.165, 1.54) is 0 Å². The van der Waals surface area contributed by atoms with Crippen LogP contribution < -0.4 is 20.1 Å². The van der Waals surface area contributed by atoms with E-state index >= 15 is 0 Å². The molecule has 1 unspecified atom stereocenters. The summed E-state index contributed by atoms with van der Waals surface area (Å²) in [6.45, 7) is 4.51. The van der Waals surface area contributed by atoms with Crippen molar-refractivity contribution in [3.8, 4) is 11.5 Å². The number of carbonyl (C=O) groups is 1. The Morgan fingerprint density at radius 1 is 1.35 bits per heavy atom. The van der Waals surface area contributed by atoms with Crippen molar-refractivity contribution in [1.82, 2.24) is 5.32 Å². The van der Waals surface area contributed by atoms with Gasteiger partial charge in [-0.15, -0.1) is 0 Å². The summed E-state index contributed by atoms with van der Waals surface area (Å²) in [5.41, 5.74) is 0.172. The van der Waals surface area contributed by atoms with Crippen LogP contribution in [0.5, 0.6) is 11.5 Å². The average Bonchev–Trinajstić information content (AvgIpc) is 2.88. The number of hydrogen-bond donors (Lipinski definition) is 2. The van der Waals surface area contributed by atoms with Gasteiger partial charge in [0.25, 0.3) is 0 Å². The fourth-order valence-electron chi connectivity index (χ4n) is 2.44. The van der Waals surface area contributed by atoms with Crippen molar-refractivity contribution in [2.24, 2.45) is 5.41 Å². The van der Waals surface area contributed by atoms with Crippen molar-refractivity contribution >= 4 is 23.2 Å². The Bertz CT molecular complexity index is 541. The predicted octanol–water partition coefficient (Wildman–Crippen LogP) is 2.05. The molecule has 1 aromatic carbocycles. The van der Waals surface area contributed by atoms with Gasteiger partial charge in [0.1, 0.15) is 13.2 Å². The van der Waals surface area contributed by atoms with E-state index in [9.17, 15) is 4.79 Å². The number of nitrogens with one attached hydrogen (secondary N) is 2. The molecule has 1 fully saturated rings. The van der Waals surface area contributed by atoms with Crippen molar-refractivity contribution in [3.05, 3.63) is 17.2 Å². The van der Waals surface area contributed by atoms with E-state index in [4.69, 9.17) is 21.1 Å². The molecule has 1 saturated heterocycles. The van der Waals surface area contributed by atoms with E-state index in [0.717, 1.165) is 13.0 Å². The number of rotatable bonds is 2. The van der Waals surface area contributed by atoms with Crippen molar-refractivity contribution in [1.29, 1.82) is 0 Å². The highest BCUT2D eigenvalue weighted by Crippen LogP contribution is 2.38. The lowest BCUT2D eigenvalue weighted by Crippen LogP contribution is -2.35. The highest BCUT2D eigenvalue weighted by atomic mass is 35.5. The number of halogens is 1. The Morgan fingerprint density at radius 2 is 2.05 bits per heavy atom. The first kappa shape index (κ1) is 13.5. The predicted molar refractivity (Wildman–Crippen MR) is 76.7 cm³/mol.